The van der Waals surface area contributed by atoms with Gasteiger partial charge in [0.05, 0.1) is 13.2 Å². The minimum atomic E-state index is 0.755. The second-order valence-corrected chi connectivity index (χ2v) is 3.91. The van der Waals surface area contributed by atoms with Gasteiger partial charge in [0, 0.05) is 26.7 Å². The Kier molecular flexibility index (Phi) is 6.67. The molecule has 0 atom stereocenters. The van der Waals surface area contributed by atoms with Crippen molar-refractivity contribution in [2.24, 2.45) is 0 Å². The molecule has 0 fully saturated rings. The van der Waals surface area contributed by atoms with Crippen LogP contribution in [0.4, 0.5) is 0 Å². The molecule has 4 nitrogen and oxygen atoms in total. The fourth-order valence-electron chi connectivity index (χ4n) is 1.13. The molecule has 0 saturated heterocycles. The van der Waals surface area contributed by atoms with Crippen molar-refractivity contribution >= 4 is 15.9 Å². The van der Waals surface area contributed by atoms with Gasteiger partial charge in [-0.3, -0.25) is 0 Å². The molecule has 0 aromatic carbocycles. The van der Waals surface area contributed by atoms with Crippen LogP contribution in [0.25, 0.3) is 0 Å². The molecular formula is C10H17BrN2O2. The number of methoxy groups -OCH3 is 1. The van der Waals surface area contributed by atoms with Crippen LogP contribution in [0.3, 0.4) is 0 Å². The molecule has 15 heavy (non-hydrogen) atoms. The van der Waals surface area contributed by atoms with Crippen molar-refractivity contribution in [3.05, 3.63) is 22.6 Å². The molecule has 86 valence electrons. The average molecular weight is 277 g/mol. The van der Waals surface area contributed by atoms with Gasteiger partial charge in [-0.05, 0) is 28.1 Å². The number of rotatable bonds is 8. The average Bonchev–Trinajstić information content (AvgIpc) is 2.63. The van der Waals surface area contributed by atoms with Crippen LogP contribution in [-0.2, 0) is 11.3 Å². The lowest BCUT2D eigenvalue weighted by molar-refractivity contribution is 0.199. The van der Waals surface area contributed by atoms with E-state index >= 15 is 0 Å². The molecule has 1 aromatic rings. The molecule has 0 spiro atoms. The van der Waals surface area contributed by atoms with E-state index < -0.39 is 0 Å². The molecule has 5 heteroatoms. The van der Waals surface area contributed by atoms with Crippen LogP contribution < -0.4 is 10.6 Å². The van der Waals surface area contributed by atoms with Gasteiger partial charge in [0.25, 0.3) is 0 Å². The highest BCUT2D eigenvalue weighted by molar-refractivity contribution is 9.10. The fraction of sp³-hybridized carbons (Fsp3) is 0.600. The molecule has 0 saturated carbocycles. The van der Waals surface area contributed by atoms with Crippen LogP contribution in [0.1, 0.15) is 5.76 Å². The third kappa shape index (κ3) is 5.94. The summed E-state index contributed by atoms with van der Waals surface area (Å²) in [6, 6.07) is 3.85. The summed E-state index contributed by atoms with van der Waals surface area (Å²) in [7, 11) is 1.70. The topological polar surface area (TPSA) is 46.4 Å². The second kappa shape index (κ2) is 7.87. The van der Waals surface area contributed by atoms with Gasteiger partial charge >= 0.3 is 0 Å². The second-order valence-electron chi connectivity index (χ2n) is 3.13. The van der Waals surface area contributed by atoms with E-state index in [0.717, 1.165) is 43.2 Å². The van der Waals surface area contributed by atoms with Crippen molar-refractivity contribution in [3.8, 4) is 0 Å². The van der Waals surface area contributed by atoms with Crippen molar-refractivity contribution in [2.45, 2.75) is 6.54 Å². The molecule has 0 radical (unpaired) electrons. The summed E-state index contributed by atoms with van der Waals surface area (Å²) in [5.74, 6) is 0.943. The van der Waals surface area contributed by atoms with Crippen LogP contribution in [0.15, 0.2) is 21.2 Å². The Morgan fingerprint density at radius 3 is 2.73 bits per heavy atom. The molecule has 0 amide bonds. The van der Waals surface area contributed by atoms with Gasteiger partial charge in [-0.2, -0.15) is 0 Å². The number of hydrogen-bond acceptors (Lipinski definition) is 4. The monoisotopic (exact) mass is 276 g/mol. The van der Waals surface area contributed by atoms with E-state index in [1.807, 2.05) is 12.1 Å². The van der Waals surface area contributed by atoms with Gasteiger partial charge < -0.3 is 19.8 Å². The molecule has 0 bridgehead atoms. The molecule has 0 aliphatic carbocycles. The first kappa shape index (κ1) is 12.7. The number of hydrogen-bond donors (Lipinski definition) is 2. The minimum Gasteiger partial charge on any atom is -0.453 e. The molecular weight excluding hydrogens is 260 g/mol. The lowest BCUT2D eigenvalue weighted by atomic mass is 10.4. The molecule has 0 aliphatic rings. The minimum absolute atomic E-state index is 0.755. The first-order valence-electron chi connectivity index (χ1n) is 4.97. The first-order chi connectivity index (χ1) is 7.33. The fourth-order valence-corrected chi connectivity index (χ4v) is 1.47. The first-order valence-corrected chi connectivity index (χ1v) is 5.77. The Hall–Kier alpha value is -0.360. The number of ether oxygens (including phenoxy) is 1. The van der Waals surface area contributed by atoms with Crippen molar-refractivity contribution in [3.63, 3.8) is 0 Å². The summed E-state index contributed by atoms with van der Waals surface area (Å²) < 4.78 is 11.0. The van der Waals surface area contributed by atoms with Crippen molar-refractivity contribution < 1.29 is 9.15 Å². The highest BCUT2D eigenvalue weighted by atomic mass is 79.9. The van der Waals surface area contributed by atoms with E-state index in [-0.39, 0.29) is 0 Å². The molecule has 1 aromatic heterocycles. The Morgan fingerprint density at radius 2 is 2.07 bits per heavy atom. The molecule has 0 unspecified atom stereocenters. The SMILES string of the molecule is COCCNCCNCc1ccc(Br)o1. The van der Waals surface area contributed by atoms with Crippen molar-refractivity contribution in [1.29, 1.82) is 0 Å². The van der Waals surface area contributed by atoms with Gasteiger partial charge in [0.15, 0.2) is 4.67 Å². The Bertz CT molecular complexity index is 266. The third-order valence-electron chi connectivity index (χ3n) is 1.89. The van der Waals surface area contributed by atoms with E-state index in [2.05, 4.69) is 26.6 Å². The summed E-state index contributed by atoms with van der Waals surface area (Å²) in [4.78, 5) is 0. The highest BCUT2D eigenvalue weighted by Crippen LogP contribution is 2.13. The molecule has 1 rings (SSSR count). The van der Waals surface area contributed by atoms with Crippen molar-refractivity contribution in [1.82, 2.24) is 10.6 Å². The number of furan rings is 1. The number of halogens is 1. The smallest absolute Gasteiger partial charge is 0.169 e. The predicted octanol–water partition coefficient (Wildman–Crippen LogP) is 1.37. The van der Waals surface area contributed by atoms with Gasteiger partial charge in [-0.25, -0.2) is 0 Å². The maximum atomic E-state index is 5.34. The largest absolute Gasteiger partial charge is 0.453 e. The normalized spacial score (nSPS) is 10.8. The van der Waals surface area contributed by atoms with Crippen LogP contribution in [-0.4, -0.2) is 33.4 Å². The van der Waals surface area contributed by atoms with Crippen LogP contribution in [0.2, 0.25) is 0 Å². The van der Waals surface area contributed by atoms with Crippen molar-refractivity contribution in [2.75, 3.05) is 33.4 Å². The van der Waals surface area contributed by atoms with Gasteiger partial charge in [0.2, 0.25) is 0 Å². The van der Waals surface area contributed by atoms with Gasteiger partial charge in [-0.15, -0.1) is 0 Å². The Balaban J connectivity index is 1.93. The summed E-state index contributed by atoms with van der Waals surface area (Å²) in [5.41, 5.74) is 0. The number of nitrogens with one attached hydrogen (secondary N) is 2. The van der Waals surface area contributed by atoms with E-state index in [1.165, 1.54) is 0 Å². The van der Waals surface area contributed by atoms with E-state index in [1.54, 1.807) is 7.11 Å². The third-order valence-corrected chi connectivity index (χ3v) is 2.32. The summed E-state index contributed by atoms with van der Waals surface area (Å²) >= 11 is 3.26. The van der Waals surface area contributed by atoms with Crippen LogP contribution >= 0.6 is 15.9 Å². The maximum Gasteiger partial charge on any atom is 0.169 e. The van der Waals surface area contributed by atoms with Crippen LogP contribution in [0.5, 0.6) is 0 Å². The predicted molar refractivity (Wildman–Crippen MR) is 62.9 cm³/mol. The van der Waals surface area contributed by atoms with E-state index in [9.17, 15) is 0 Å². The quantitative estimate of drug-likeness (QED) is 0.704. The summed E-state index contributed by atoms with van der Waals surface area (Å²) in [5, 5.41) is 6.52. The lowest BCUT2D eigenvalue weighted by Gasteiger charge is -2.04. The summed E-state index contributed by atoms with van der Waals surface area (Å²) in [6.45, 7) is 4.26. The zero-order valence-corrected chi connectivity index (χ0v) is 10.5. The summed E-state index contributed by atoms with van der Waals surface area (Å²) in [6.07, 6.45) is 0. The van der Waals surface area contributed by atoms with E-state index in [0.29, 0.717) is 0 Å². The van der Waals surface area contributed by atoms with E-state index in [4.69, 9.17) is 9.15 Å². The zero-order valence-electron chi connectivity index (χ0n) is 8.88. The molecule has 0 aliphatic heterocycles. The molecule has 2 N–H and O–H groups in total. The van der Waals surface area contributed by atoms with Gasteiger partial charge in [-0.1, -0.05) is 0 Å². The van der Waals surface area contributed by atoms with Gasteiger partial charge in [0.1, 0.15) is 5.76 Å². The Morgan fingerprint density at radius 1 is 1.27 bits per heavy atom. The maximum absolute atomic E-state index is 5.34. The highest BCUT2D eigenvalue weighted by Gasteiger charge is 1.97. The standard InChI is InChI=1S/C10H17BrN2O2/c1-14-7-6-12-4-5-13-8-9-2-3-10(11)15-9/h2-3,12-13H,4-8H2,1H3. The van der Waals surface area contributed by atoms with Crippen LogP contribution in [0, 0.1) is 0 Å². The lowest BCUT2D eigenvalue weighted by Crippen LogP contribution is -2.29. The Labute approximate surface area is 98.5 Å². The molecule has 1 heterocycles. The zero-order chi connectivity index (χ0) is 10.9.